The Morgan fingerprint density at radius 3 is 2.00 bits per heavy atom. The highest BCUT2D eigenvalue weighted by molar-refractivity contribution is 4.94. The maximum Gasteiger partial charge on any atom is 0.406 e. The van der Waals surface area contributed by atoms with Gasteiger partial charge in [-0.15, -0.1) is 0 Å². The number of hydrogen-bond donors (Lipinski definition) is 0. The maximum atomic E-state index is 12.2. The van der Waals surface area contributed by atoms with Crippen LogP contribution in [0.5, 0.6) is 0 Å². The quantitative estimate of drug-likeness (QED) is 0.477. The van der Waals surface area contributed by atoms with Gasteiger partial charge in [-0.1, -0.05) is 0 Å². The first kappa shape index (κ1) is 7.78. The highest BCUT2D eigenvalue weighted by atomic mass is 19.4. The predicted octanol–water partition coefficient (Wildman–Crippen LogP) is 1.20. The van der Waals surface area contributed by atoms with Gasteiger partial charge in [0.05, 0.1) is 0 Å². The SMILES string of the molecule is CN1CC(F)C1C(F)(F)F. The van der Waals surface area contributed by atoms with E-state index >= 15 is 0 Å². The van der Waals surface area contributed by atoms with Gasteiger partial charge in [-0.05, 0) is 7.05 Å². The molecule has 1 aliphatic heterocycles. The number of rotatable bonds is 0. The fraction of sp³-hybridized carbons (Fsp3) is 1.00. The molecular formula is C5H7F4N. The molecule has 2 unspecified atom stereocenters. The van der Waals surface area contributed by atoms with Crippen molar-refractivity contribution in [3.63, 3.8) is 0 Å². The zero-order chi connectivity index (χ0) is 7.94. The molecule has 0 aliphatic carbocycles. The van der Waals surface area contributed by atoms with Crippen molar-refractivity contribution >= 4 is 0 Å². The molecule has 0 bridgehead atoms. The molecule has 0 aromatic carbocycles. The summed E-state index contributed by atoms with van der Waals surface area (Å²) in [5.41, 5.74) is 0. The molecule has 1 saturated heterocycles. The number of alkyl halides is 4. The predicted molar refractivity (Wildman–Crippen MR) is 27.4 cm³/mol. The molecule has 0 aromatic rings. The third kappa shape index (κ3) is 1.10. The first-order chi connectivity index (χ1) is 4.43. The lowest BCUT2D eigenvalue weighted by Gasteiger charge is -2.41. The first-order valence-corrected chi connectivity index (χ1v) is 2.84. The summed E-state index contributed by atoms with van der Waals surface area (Å²) in [5, 5.41) is 0. The second-order valence-corrected chi connectivity index (χ2v) is 2.44. The van der Waals surface area contributed by atoms with Crippen LogP contribution >= 0.6 is 0 Å². The molecule has 0 N–H and O–H groups in total. The number of halogens is 4. The summed E-state index contributed by atoms with van der Waals surface area (Å²) in [5.74, 6) is 0. The normalized spacial score (nSPS) is 35.7. The van der Waals surface area contributed by atoms with Crippen molar-refractivity contribution in [3.05, 3.63) is 0 Å². The molecule has 0 spiro atoms. The monoisotopic (exact) mass is 157 g/mol. The smallest absolute Gasteiger partial charge is 0.290 e. The van der Waals surface area contributed by atoms with Crippen molar-refractivity contribution < 1.29 is 17.6 Å². The minimum absolute atomic E-state index is 0.107. The van der Waals surface area contributed by atoms with Gasteiger partial charge in [-0.25, -0.2) is 4.39 Å². The summed E-state index contributed by atoms with van der Waals surface area (Å²) in [6, 6.07) is -1.87. The molecule has 5 heteroatoms. The first-order valence-electron chi connectivity index (χ1n) is 2.84. The molecule has 1 aliphatic rings. The van der Waals surface area contributed by atoms with Gasteiger partial charge in [-0.3, -0.25) is 4.90 Å². The minimum atomic E-state index is -4.41. The van der Waals surface area contributed by atoms with Gasteiger partial charge in [0.15, 0.2) is 0 Å². The van der Waals surface area contributed by atoms with Gasteiger partial charge in [0.25, 0.3) is 0 Å². The van der Waals surface area contributed by atoms with E-state index in [4.69, 9.17) is 0 Å². The van der Waals surface area contributed by atoms with Crippen molar-refractivity contribution in [1.82, 2.24) is 4.90 Å². The summed E-state index contributed by atoms with van der Waals surface area (Å²) in [7, 11) is 1.26. The molecule has 0 saturated carbocycles. The Bertz CT molecular complexity index is 124. The lowest BCUT2D eigenvalue weighted by Crippen LogP contribution is -2.62. The van der Waals surface area contributed by atoms with E-state index in [1.54, 1.807) is 0 Å². The molecule has 2 atom stereocenters. The van der Waals surface area contributed by atoms with Crippen molar-refractivity contribution in [1.29, 1.82) is 0 Å². The Hall–Kier alpha value is -0.320. The van der Waals surface area contributed by atoms with E-state index in [1.165, 1.54) is 7.05 Å². The van der Waals surface area contributed by atoms with Crippen LogP contribution in [0.3, 0.4) is 0 Å². The molecule has 60 valence electrons. The Balaban J connectivity index is 2.55. The average Bonchev–Trinajstić information content (AvgIpc) is 1.58. The van der Waals surface area contributed by atoms with Crippen LogP contribution in [0.25, 0.3) is 0 Å². The Labute approximate surface area is 55.6 Å². The van der Waals surface area contributed by atoms with E-state index in [9.17, 15) is 17.6 Å². The molecule has 1 fully saturated rings. The zero-order valence-electron chi connectivity index (χ0n) is 5.32. The van der Waals surface area contributed by atoms with Crippen LogP contribution < -0.4 is 0 Å². The number of hydrogen-bond acceptors (Lipinski definition) is 1. The maximum absolute atomic E-state index is 12.2. The number of likely N-dealkylation sites (tertiary alicyclic amines) is 1. The zero-order valence-corrected chi connectivity index (χ0v) is 5.32. The van der Waals surface area contributed by atoms with Crippen LogP contribution in [0.1, 0.15) is 0 Å². The average molecular weight is 157 g/mol. The summed E-state index contributed by atoms with van der Waals surface area (Å²) >= 11 is 0. The van der Waals surface area contributed by atoms with Crippen LogP contribution in [0, 0.1) is 0 Å². The van der Waals surface area contributed by atoms with Crippen molar-refractivity contribution in [2.45, 2.75) is 18.4 Å². The van der Waals surface area contributed by atoms with Gasteiger partial charge < -0.3 is 0 Å². The second kappa shape index (κ2) is 2.08. The Kier molecular flexibility index (Phi) is 1.62. The summed E-state index contributed by atoms with van der Waals surface area (Å²) in [6.07, 6.45) is -6.14. The minimum Gasteiger partial charge on any atom is -0.290 e. The van der Waals surface area contributed by atoms with Gasteiger partial charge in [0, 0.05) is 6.54 Å². The van der Waals surface area contributed by atoms with Gasteiger partial charge in [-0.2, -0.15) is 13.2 Å². The van der Waals surface area contributed by atoms with Crippen LogP contribution in [-0.2, 0) is 0 Å². The van der Waals surface area contributed by atoms with E-state index in [0.717, 1.165) is 4.90 Å². The van der Waals surface area contributed by atoms with Gasteiger partial charge in [0.2, 0.25) is 0 Å². The Morgan fingerprint density at radius 1 is 1.40 bits per heavy atom. The molecular weight excluding hydrogens is 150 g/mol. The largest absolute Gasteiger partial charge is 0.406 e. The fourth-order valence-electron chi connectivity index (χ4n) is 1.08. The molecule has 0 aromatic heterocycles. The summed E-state index contributed by atoms with van der Waals surface area (Å²) in [4.78, 5) is 0.949. The van der Waals surface area contributed by atoms with E-state index in [1.807, 2.05) is 0 Å². The van der Waals surface area contributed by atoms with E-state index in [2.05, 4.69) is 0 Å². The van der Waals surface area contributed by atoms with Crippen LogP contribution in [-0.4, -0.2) is 36.9 Å². The van der Waals surface area contributed by atoms with Crippen LogP contribution in [0.2, 0.25) is 0 Å². The fourth-order valence-corrected chi connectivity index (χ4v) is 1.08. The Morgan fingerprint density at radius 2 is 1.90 bits per heavy atom. The summed E-state index contributed by atoms with van der Waals surface area (Å²) in [6.45, 7) is -0.107. The topological polar surface area (TPSA) is 3.24 Å². The van der Waals surface area contributed by atoms with E-state index in [0.29, 0.717) is 0 Å². The highest BCUT2D eigenvalue weighted by Gasteiger charge is 2.54. The molecule has 1 rings (SSSR count). The third-order valence-corrected chi connectivity index (χ3v) is 1.62. The van der Waals surface area contributed by atoms with Crippen LogP contribution in [0.4, 0.5) is 17.6 Å². The molecule has 0 radical (unpaired) electrons. The van der Waals surface area contributed by atoms with E-state index < -0.39 is 18.4 Å². The lowest BCUT2D eigenvalue weighted by atomic mass is 10.0. The lowest BCUT2D eigenvalue weighted by molar-refractivity contribution is -0.228. The number of nitrogens with zero attached hydrogens (tertiary/aromatic N) is 1. The standard InChI is InChI=1S/C5H7F4N/c1-10-2-3(6)4(10)5(7,8)9/h3-4H,2H2,1H3. The molecule has 10 heavy (non-hydrogen) atoms. The molecule has 1 heterocycles. The third-order valence-electron chi connectivity index (χ3n) is 1.62. The van der Waals surface area contributed by atoms with Crippen molar-refractivity contribution in [2.24, 2.45) is 0 Å². The van der Waals surface area contributed by atoms with Crippen molar-refractivity contribution in [2.75, 3.05) is 13.6 Å². The van der Waals surface area contributed by atoms with Gasteiger partial charge in [0.1, 0.15) is 12.2 Å². The van der Waals surface area contributed by atoms with Crippen molar-refractivity contribution in [3.8, 4) is 0 Å². The van der Waals surface area contributed by atoms with Crippen LogP contribution in [0.15, 0.2) is 0 Å². The molecule has 0 amide bonds. The summed E-state index contributed by atoms with van der Waals surface area (Å²) < 4.78 is 47.3. The van der Waals surface area contributed by atoms with Gasteiger partial charge >= 0.3 is 6.18 Å². The second-order valence-electron chi connectivity index (χ2n) is 2.44. The van der Waals surface area contributed by atoms with E-state index in [-0.39, 0.29) is 6.54 Å². The highest BCUT2D eigenvalue weighted by Crippen LogP contribution is 2.34. The molecule has 1 nitrogen and oxygen atoms in total.